The Hall–Kier alpha value is -3.95. The molecule has 250 valence electrons. The van der Waals surface area contributed by atoms with E-state index in [9.17, 15) is 19.5 Å². The number of aliphatic hydroxyl groups excluding tert-OH is 1. The number of rotatable bonds is 13. The standard InChI is InChI=1S/C38H47N3O6/c1-4-23-39(28-17-19-29(20-18-28)46-6-3)35(43)32-31-21-22-38(47-31)33(32)36(44)41(30(25-42)26-13-9-7-10-14-26)34(38)37(45)40(24-5-2)27-15-11-8-12-16-27/h4-5,7,9-10,13-14,17-20,27,30-34,42H,1-2,6,8,11-12,15-16,21-25H2,3H3/t30-,31-,32+,33+,34?,38?/m1/s1. The second kappa shape index (κ2) is 14.0. The highest BCUT2D eigenvalue weighted by atomic mass is 16.5. The van der Waals surface area contributed by atoms with Gasteiger partial charge in [-0.25, -0.2) is 0 Å². The summed E-state index contributed by atoms with van der Waals surface area (Å²) >= 11 is 0. The van der Waals surface area contributed by atoms with E-state index in [1.54, 1.807) is 22.0 Å². The summed E-state index contributed by atoms with van der Waals surface area (Å²) in [5, 5.41) is 10.8. The molecule has 47 heavy (non-hydrogen) atoms. The van der Waals surface area contributed by atoms with Gasteiger partial charge in [-0.3, -0.25) is 14.4 Å². The summed E-state index contributed by atoms with van der Waals surface area (Å²) in [5.74, 6) is -1.70. The van der Waals surface area contributed by atoms with Crippen molar-refractivity contribution >= 4 is 23.4 Å². The minimum atomic E-state index is -1.19. The van der Waals surface area contributed by atoms with Crippen molar-refractivity contribution in [2.75, 3.05) is 31.2 Å². The molecule has 9 nitrogen and oxygen atoms in total. The third kappa shape index (κ3) is 5.78. The number of nitrogens with zero attached hydrogens (tertiary/aromatic N) is 3. The van der Waals surface area contributed by atoms with Crippen LogP contribution < -0.4 is 9.64 Å². The molecule has 2 unspecified atom stereocenters. The Kier molecular flexibility index (Phi) is 9.85. The van der Waals surface area contributed by atoms with Gasteiger partial charge in [0.2, 0.25) is 17.7 Å². The van der Waals surface area contributed by atoms with Gasteiger partial charge in [-0.15, -0.1) is 13.2 Å². The minimum Gasteiger partial charge on any atom is -0.494 e. The van der Waals surface area contributed by atoms with Crippen LogP contribution in [0.3, 0.4) is 0 Å². The van der Waals surface area contributed by atoms with Gasteiger partial charge in [0.25, 0.3) is 0 Å². The second-order valence-corrected chi connectivity index (χ2v) is 13.1. The maximum Gasteiger partial charge on any atom is 0.248 e. The average molecular weight is 642 g/mol. The lowest BCUT2D eigenvalue weighted by atomic mass is 9.70. The van der Waals surface area contributed by atoms with Gasteiger partial charge < -0.3 is 29.3 Å². The summed E-state index contributed by atoms with van der Waals surface area (Å²) in [4.78, 5) is 49.6. The Bertz CT molecular complexity index is 1460. The summed E-state index contributed by atoms with van der Waals surface area (Å²) in [6, 6.07) is 14.9. The van der Waals surface area contributed by atoms with Gasteiger partial charge in [-0.05, 0) is 62.4 Å². The van der Waals surface area contributed by atoms with Crippen LogP contribution in [0.15, 0.2) is 79.9 Å². The summed E-state index contributed by atoms with van der Waals surface area (Å²) in [6.07, 6.45) is 8.94. The normalized spacial score (nSPS) is 27.3. The van der Waals surface area contributed by atoms with E-state index in [-0.39, 0.29) is 36.9 Å². The number of ether oxygens (including phenoxy) is 2. The summed E-state index contributed by atoms with van der Waals surface area (Å²) < 4.78 is 12.4. The zero-order valence-electron chi connectivity index (χ0n) is 27.3. The van der Waals surface area contributed by atoms with E-state index < -0.39 is 35.6 Å². The Labute approximate surface area is 277 Å². The zero-order chi connectivity index (χ0) is 33.1. The van der Waals surface area contributed by atoms with Crippen LogP contribution >= 0.6 is 0 Å². The van der Waals surface area contributed by atoms with Gasteiger partial charge in [0.05, 0.1) is 37.2 Å². The zero-order valence-corrected chi connectivity index (χ0v) is 27.3. The van der Waals surface area contributed by atoms with E-state index in [4.69, 9.17) is 9.47 Å². The van der Waals surface area contributed by atoms with Gasteiger partial charge in [0, 0.05) is 24.8 Å². The highest BCUT2D eigenvalue weighted by Crippen LogP contribution is 2.60. The number of benzene rings is 2. The van der Waals surface area contributed by atoms with Gasteiger partial charge in [-0.1, -0.05) is 61.7 Å². The van der Waals surface area contributed by atoms with Crippen LogP contribution in [0.25, 0.3) is 0 Å². The molecule has 0 aromatic heterocycles. The number of amides is 3. The van der Waals surface area contributed by atoms with E-state index >= 15 is 0 Å². The Balaban J connectivity index is 1.42. The van der Waals surface area contributed by atoms with Crippen molar-refractivity contribution in [1.82, 2.24) is 9.80 Å². The lowest BCUT2D eigenvalue weighted by molar-refractivity contribution is -0.153. The number of carbonyl (C=O) groups is 3. The van der Waals surface area contributed by atoms with Crippen LogP contribution in [0, 0.1) is 11.8 Å². The first-order valence-corrected chi connectivity index (χ1v) is 17.1. The Morgan fingerprint density at radius 1 is 1.02 bits per heavy atom. The molecule has 6 rings (SSSR count). The van der Waals surface area contributed by atoms with Gasteiger partial charge in [0.1, 0.15) is 17.4 Å². The third-order valence-corrected chi connectivity index (χ3v) is 10.6. The first-order chi connectivity index (χ1) is 22.9. The van der Waals surface area contributed by atoms with Crippen molar-refractivity contribution in [3.8, 4) is 5.75 Å². The van der Waals surface area contributed by atoms with Crippen LogP contribution in [-0.2, 0) is 19.1 Å². The molecule has 1 N–H and O–H groups in total. The quantitative estimate of drug-likeness (QED) is 0.307. The number of anilines is 1. The van der Waals surface area contributed by atoms with E-state index in [0.29, 0.717) is 37.4 Å². The molecule has 2 aromatic rings. The fourth-order valence-corrected chi connectivity index (χ4v) is 8.65. The van der Waals surface area contributed by atoms with Gasteiger partial charge in [0.15, 0.2) is 0 Å². The number of aliphatic hydroxyl groups is 1. The Morgan fingerprint density at radius 3 is 2.36 bits per heavy atom. The number of likely N-dealkylation sites (tertiary alicyclic amines) is 1. The van der Waals surface area contributed by atoms with Crippen molar-refractivity contribution in [3.05, 3.63) is 85.5 Å². The summed E-state index contributed by atoms with van der Waals surface area (Å²) in [6.45, 7) is 10.5. The highest BCUT2D eigenvalue weighted by molar-refractivity contribution is 6.03. The molecule has 2 bridgehead atoms. The predicted molar refractivity (Wildman–Crippen MR) is 180 cm³/mol. The molecular formula is C38H47N3O6. The average Bonchev–Trinajstić information content (AvgIpc) is 3.75. The van der Waals surface area contributed by atoms with Crippen molar-refractivity contribution in [2.45, 2.75) is 81.7 Å². The van der Waals surface area contributed by atoms with E-state index in [1.807, 2.05) is 66.4 Å². The molecule has 6 atom stereocenters. The highest BCUT2D eigenvalue weighted by Gasteiger charge is 2.75. The first kappa shape index (κ1) is 33.0. The maximum absolute atomic E-state index is 15.0. The SMILES string of the molecule is C=CCN(C(=O)[C@@H]1[C@H]2C(=O)N([C@H](CO)c3ccccc3)C(C(=O)N(CC=C)C3CCCCC3)C23CC[C@H]1O3)c1ccc(OCC)cc1. The van der Waals surface area contributed by atoms with Crippen molar-refractivity contribution in [3.63, 3.8) is 0 Å². The van der Waals surface area contributed by atoms with Gasteiger partial charge in [-0.2, -0.15) is 0 Å². The smallest absolute Gasteiger partial charge is 0.248 e. The van der Waals surface area contributed by atoms with Crippen molar-refractivity contribution < 1.29 is 29.0 Å². The second-order valence-electron chi connectivity index (χ2n) is 13.1. The fourth-order valence-electron chi connectivity index (χ4n) is 8.65. The van der Waals surface area contributed by atoms with E-state index in [0.717, 1.165) is 37.7 Å². The van der Waals surface area contributed by atoms with Crippen molar-refractivity contribution in [2.24, 2.45) is 11.8 Å². The topological polar surface area (TPSA) is 99.6 Å². The van der Waals surface area contributed by atoms with Crippen LogP contribution in [0.2, 0.25) is 0 Å². The van der Waals surface area contributed by atoms with Crippen LogP contribution in [0.5, 0.6) is 5.75 Å². The molecule has 3 amide bonds. The van der Waals surface area contributed by atoms with Crippen LogP contribution in [0.4, 0.5) is 5.69 Å². The molecule has 1 aliphatic carbocycles. The number of fused-ring (bicyclic) bond motifs is 1. The monoisotopic (exact) mass is 641 g/mol. The Morgan fingerprint density at radius 2 is 1.72 bits per heavy atom. The molecule has 9 heteroatoms. The molecule has 3 heterocycles. The van der Waals surface area contributed by atoms with Gasteiger partial charge >= 0.3 is 0 Å². The summed E-state index contributed by atoms with van der Waals surface area (Å²) in [5.41, 5.74) is 0.205. The largest absolute Gasteiger partial charge is 0.494 e. The van der Waals surface area contributed by atoms with Crippen LogP contribution in [0.1, 0.15) is 63.5 Å². The molecule has 1 saturated carbocycles. The van der Waals surface area contributed by atoms with Crippen molar-refractivity contribution in [1.29, 1.82) is 0 Å². The lowest BCUT2D eigenvalue weighted by Crippen LogP contribution is -2.59. The number of hydrogen-bond donors (Lipinski definition) is 1. The molecule has 0 radical (unpaired) electrons. The molecule has 3 saturated heterocycles. The minimum absolute atomic E-state index is 0.0322. The molecule has 3 aliphatic heterocycles. The first-order valence-electron chi connectivity index (χ1n) is 17.1. The number of hydrogen-bond acceptors (Lipinski definition) is 6. The number of carbonyl (C=O) groups excluding carboxylic acids is 3. The predicted octanol–water partition coefficient (Wildman–Crippen LogP) is 5.06. The molecule has 1 spiro atoms. The summed E-state index contributed by atoms with van der Waals surface area (Å²) in [7, 11) is 0. The fraction of sp³-hybridized carbons (Fsp3) is 0.500. The van der Waals surface area contributed by atoms with E-state index in [1.165, 1.54) is 0 Å². The molecule has 2 aromatic carbocycles. The molecular weight excluding hydrogens is 594 g/mol. The third-order valence-electron chi connectivity index (χ3n) is 10.6. The lowest BCUT2D eigenvalue weighted by Gasteiger charge is -2.42. The van der Waals surface area contributed by atoms with Crippen LogP contribution in [-0.4, -0.2) is 82.7 Å². The maximum atomic E-state index is 15.0. The van der Waals surface area contributed by atoms with E-state index in [2.05, 4.69) is 13.2 Å². The molecule has 4 fully saturated rings. The molecule has 4 aliphatic rings.